The fourth-order valence-electron chi connectivity index (χ4n) is 0.440. The van der Waals surface area contributed by atoms with Gasteiger partial charge in [-0.25, -0.2) is 0 Å². The van der Waals surface area contributed by atoms with Crippen molar-refractivity contribution in [1.82, 2.24) is 0 Å². The molecule has 0 aromatic rings. The van der Waals surface area contributed by atoms with Crippen molar-refractivity contribution >= 4 is 0 Å². The molecule has 4 nitrogen and oxygen atoms in total. The van der Waals surface area contributed by atoms with Gasteiger partial charge < -0.3 is 20.1 Å². The van der Waals surface area contributed by atoms with Crippen molar-refractivity contribution in [3.05, 3.63) is 0 Å². The number of aliphatic hydroxyl groups is 3. The second-order valence-corrected chi connectivity index (χ2v) is 1.68. The molecule has 0 aromatic carbocycles. The van der Waals surface area contributed by atoms with E-state index in [4.69, 9.17) is 15.3 Å². The molecule has 0 heterocycles. The van der Waals surface area contributed by atoms with E-state index in [1.807, 2.05) is 0 Å². The Hall–Kier alpha value is -0.160. The van der Waals surface area contributed by atoms with Gasteiger partial charge in [-0.05, 0) is 6.42 Å². The minimum atomic E-state index is -1.78. The highest BCUT2D eigenvalue weighted by atomic mass is 16.7. The van der Waals surface area contributed by atoms with Crippen LogP contribution < -0.4 is 0 Å². The number of aliphatic hydroxyl groups excluding tert-OH is 2. The Morgan fingerprint density at radius 1 is 1.44 bits per heavy atom. The normalized spacial score (nSPS) is 14.3. The van der Waals surface area contributed by atoms with Crippen molar-refractivity contribution in [2.45, 2.75) is 25.9 Å². The molecular formula is C5H12O4. The highest BCUT2D eigenvalue weighted by Gasteiger charge is 2.07. The Morgan fingerprint density at radius 3 is 2.11 bits per heavy atom. The molecule has 0 aromatic heterocycles. The van der Waals surface area contributed by atoms with Gasteiger partial charge in [0.05, 0.1) is 12.7 Å². The van der Waals surface area contributed by atoms with Crippen molar-refractivity contribution in [3.8, 4) is 0 Å². The fraction of sp³-hybridized carbons (Fsp3) is 1.00. The lowest BCUT2D eigenvalue weighted by Crippen LogP contribution is -2.23. The first-order valence-electron chi connectivity index (χ1n) is 2.83. The van der Waals surface area contributed by atoms with E-state index in [1.165, 1.54) is 0 Å². The molecule has 56 valence electrons. The lowest BCUT2D eigenvalue weighted by Gasteiger charge is -2.13. The maximum Gasteiger partial charge on any atom is 0.266 e. The molecule has 0 saturated heterocycles. The summed E-state index contributed by atoms with van der Waals surface area (Å²) in [5.41, 5.74) is 0. The Morgan fingerprint density at radius 2 is 2.00 bits per heavy atom. The minimum absolute atomic E-state index is 0.186. The molecule has 0 aliphatic heterocycles. The van der Waals surface area contributed by atoms with E-state index >= 15 is 0 Å². The van der Waals surface area contributed by atoms with Crippen LogP contribution >= 0.6 is 0 Å². The molecule has 0 radical (unpaired) electrons. The monoisotopic (exact) mass is 136 g/mol. The van der Waals surface area contributed by atoms with Gasteiger partial charge in [0.25, 0.3) is 6.48 Å². The number of hydrogen-bond acceptors (Lipinski definition) is 4. The zero-order valence-electron chi connectivity index (χ0n) is 5.32. The van der Waals surface area contributed by atoms with Crippen LogP contribution in [0.15, 0.2) is 0 Å². The van der Waals surface area contributed by atoms with Crippen molar-refractivity contribution in [2.75, 3.05) is 6.61 Å². The van der Waals surface area contributed by atoms with E-state index in [2.05, 4.69) is 4.74 Å². The van der Waals surface area contributed by atoms with Gasteiger partial charge in [0.1, 0.15) is 0 Å². The molecule has 0 aliphatic rings. The summed E-state index contributed by atoms with van der Waals surface area (Å²) in [4.78, 5) is 0. The highest BCUT2D eigenvalue weighted by molar-refractivity contribution is 4.49. The van der Waals surface area contributed by atoms with Crippen LogP contribution in [0.2, 0.25) is 0 Å². The number of rotatable bonds is 4. The molecule has 0 spiro atoms. The van der Waals surface area contributed by atoms with E-state index in [1.54, 1.807) is 6.92 Å². The Labute approximate surface area is 53.7 Å². The van der Waals surface area contributed by atoms with Crippen LogP contribution in [0.25, 0.3) is 0 Å². The molecule has 3 N–H and O–H groups in total. The summed E-state index contributed by atoms with van der Waals surface area (Å²) in [5.74, 6) is 0. The third kappa shape index (κ3) is 4.35. The van der Waals surface area contributed by atoms with E-state index in [-0.39, 0.29) is 6.61 Å². The van der Waals surface area contributed by atoms with E-state index < -0.39 is 12.6 Å². The SMILES string of the molecule is CCC(CO)OC(O)O. The lowest BCUT2D eigenvalue weighted by molar-refractivity contribution is -0.260. The van der Waals surface area contributed by atoms with Crippen LogP contribution in [0.4, 0.5) is 0 Å². The maximum absolute atomic E-state index is 8.43. The number of hydrogen-bond donors (Lipinski definition) is 3. The van der Waals surface area contributed by atoms with Crippen molar-refractivity contribution in [3.63, 3.8) is 0 Å². The molecular weight excluding hydrogens is 124 g/mol. The summed E-state index contributed by atoms with van der Waals surface area (Å²) in [7, 11) is 0. The van der Waals surface area contributed by atoms with Crippen LogP contribution in [0, 0.1) is 0 Å². The van der Waals surface area contributed by atoms with Crippen LogP contribution in [0.1, 0.15) is 13.3 Å². The smallest absolute Gasteiger partial charge is 0.266 e. The average Bonchev–Trinajstić information content (AvgIpc) is 1.82. The summed E-state index contributed by atoms with van der Waals surface area (Å²) < 4.78 is 4.41. The molecule has 0 fully saturated rings. The van der Waals surface area contributed by atoms with Crippen LogP contribution in [0.5, 0.6) is 0 Å². The molecule has 4 heteroatoms. The van der Waals surface area contributed by atoms with Crippen LogP contribution in [-0.2, 0) is 4.74 Å². The standard InChI is InChI=1S/C5H12O4/c1-2-4(3-6)9-5(7)8/h4-8H,2-3H2,1H3. The summed E-state index contributed by atoms with van der Waals surface area (Å²) in [5, 5.41) is 24.8. The molecule has 0 bridgehead atoms. The first kappa shape index (κ1) is 8.84. The van der Waals surface area contributed by atoms with E-state index in [0.717, 1.165) is 0 Å². The summed E-state index contributed by atoms with van der Waals surface area (Å²) in [6, 6.07) is 0. The molecule has 1 atom stereocenters. The van der Waals surface area contributed by atoms with Gasteiger partial charge in [-0.15, -0.1) is 0 Å². The summed E-state index contributed by atoms with van der Waals surface area (Å²) >= 11 is 0. The summed E-state index contributed by atoms with van der Waals surface area (Å²) in [6.07, 6.45) is 0.0960. The first-order chi connectivity index (χ1) is 4.20. The van der Waals surface area contributed by atoms with E-state index in [0.29, 0.717) is 6.42 Å². The second-order valence-electron chi connectivity index (χ2n) is 1.68. The van der Waals surface area contributed by atoms with Crippen molar-refractivity contribution < 1.29 is 20.1 Å². The lowest BCUT2D eigenvalue weighted by atomic mass is 10.3. The Balaban J connectivity index is 3.31. The maximum atomic E-state index is 8.43. The Bertz CT molecular complexity index is 60.0. The molecule has 0 saturated carbocycles. The predicted molar refractivity (Wildman–Crippen MR) is 30.5 cm³/mol. The number of ether oxygens (including phenoxy) is 1. The first-order valence-corrected chi connectivity index (χ1v) is 2.83. The predicted octanol–water partition coefficient (Wildman–Crippen LogP) is -0.958. The molecule has 0 rings (SSSR count). The van der Waals surface area contributed by atoms with Gasteiger partial charge in [0.2, 0.25) is 0 Å². The third-order valence-electron chi connectivity index (χ3n) is 0.973. The molecule has 1 unspecified atom stereocenters. The average molecular weight is 136 g/mol. The topological polar surface area (TPSA) is 69.9 Å². The molecule has 9 heavy (non-hydrogen) atoms. The quantitative estimate of drug-likeness (QED) is 0.435. The van der Waals surface area contributed by atoms with Gasteiger partial charge in [-0.1, -0.05) is 6.92 Å². The van der Waals surface area contributed by atoms with Gasteiger partial charge in [-0.3, -0.25) is 0 Å². The van der Waals surface area contributed by atoms with Crippen molar-refractivity contribution in [1.29, 1.82) is 0 Å². The Kier molecular flexibility index (Phi) is 4.61. The summed E-state index contributed by atoms with van der Waals surface area (Å²) in [6.45, 7) is -0.181. The minimum Gasteiger partial charge on any atom is -0.394 e. The van der Waals surface area contributed by atoms with Gasteiger partial charge in [0.15, 0.2) is 0 Å². The zero-order chi connectivity index (χ0) is 7.28. The largest absolute Gasteiger partial charge is 0.394 e. The molecule has 0 aliphatic carbocycles. The van der Waals surface area contributed by atoms with Gasteiger partial charge >= 0.3 is 0 Å². The van der Waals surface area contributed by atoms with Crippen molar-refractivity contribution in [2.24, 2.45) is 0 Å². The zero-order valence-corrected chi connectivity index (χ0v) is 5.32. The van der Waals surface area contributed by atoms with Gasteiger partial charge in [0, 0.05) is 0 Å². The van der Waals surface area contributed by atoms with E-state index in [9.17, 15) is 0 Å². The van der Waals surface area contributed by atoms with Gasteiger partial charge in [-0.2, -0.15) is 0 Å². The highest BCUT2D eigenvalue weighted by Crippen LogP contribution is 1.97. The third-order valence-corrected chi connectivity index (χ3v) is 0.973. The fourth-order valence-corrected chi connectivity index (χ4v) is 0.440. The van der Waals surface area contributed by atoms with Crippen LogP contribution in [-0.4, -0.2) is 34.5 Å². The van der Waals surface area contributed by atoms with Crippen LogP contribution in [0.3, 0.4) is 0 Å². The molecule has 0 amide bonds. The second kappa shape index (κ2) is 4.69.